The maximum Gasteiger partial charge on any atom is 0.416 e. The highest BCUT2D eigenvalue weighted by Gasteiger charge is 2.31. The largest absolute Gasteiger partial charge is 0.478 e. The lowest BCUT2D eigenvalue weighted by Crippen LogP contribution is -2.38. The molecular weight excluding hydrogens is 501 g/mol. The van der Waals surface area contributed by atoms with Crippen molar-refractivity contribution in [2.45, 2.75) is 32.5 Å². The Morgan fingerprint density at radius 3 is 2.22 bits per heavy atom. The molecule has 7 nitrogen and oxygen atoms in total. The number of aromatic carboxylic acids is 1. The van der Waals surface area contributed by atoms with Crippen LogP contribution in [0.5, 0.6) is 5.75 Å². The molecule has 0 aliphatic rings. The maximum atomic E-state index is 13.6. The minimum absolute atomic E-state index is 0.0585. The molecule has 2 aromatic rings. The second-order valence-electron chi connectivity index (χ2n) is 7.66. The van der Waals surface area contributed by atoms with Gasteiger partial charge in [-0.2, -0.15) is 18.3 Å². The number of benzene rings is 2. The smallest absolute Gasteiger partial charge is 0.416 e. The van der Waals surface area contributed by atoms with Crippen molar-refractivity contribution >= 4 is 17.6 Å². The molecule has 2 atom stereocenters. The zero-order chi connectivity index (χ0) is 28.3. The van der Waals surface area contributed by atoms with Gasteiger partial charge in [0.25, 0.3) is 6.43 Å². The molecule has 0 aromatic heterocycles. The van der Waals surface area contributed by atoms with Crippen LogP contribution in [-0.4, -0.2) is 47.9 Å². The van der Waals surface area contributed by atoms with Crippen molar-refractivity contribution in [3.63, 3.8) is 0 Å². The van der Waals surface area contributed by atoms with Crippen LogP contribution in [0.1, 0.15) is 41.4 Å². The quantitative estimate of drug-likeness (QED) is 0.137. The van der Waals surface area contributed by atoms with E-state index in [9.17, 15) is 31.5 Å². The Kier molecular flexibility index (Phi) is 11.7. The van der Waals surface area contributed by atoms with Gasteiger partial charge in [-0.05, 0) is 49.7 Å². The fraction of sp³-hybridized carbons (Fsp3) is 0.320. The topological polar surface area (TPSA) is 91.2 Å². The first-order chi connectivity index (χ1) is 17.3. The third-order valence-electron chi connectivity index (χ3n) is 4.94. The first-order valence-electron chi connectivity index (χ1n) is 10.8. The number of carbonyl (C=O) groups excluding carboxylic acids is 1. The van der Waals surface area contributed by atoms with Crippen LogP contribution in [0.3, 0.4) is 0 Å². The normalized spacial score (nSPS) is 13.2. The molecule has 12 heteroatoms. The summed E-state index contributed by atoms with van der Waals surface area (Å²) in [4.78, 5) is 23.5. The van der Waals surface area contributed by atoms with Gasteiger partial charge in [0.05, 0.1) is 23.1 Å². The standard InChI is InChI=1S/C23H24F5N3O4.C2H4/c1-13(21(32)29-14(2)15-7-9-16(10-8-15)22(33)34)19(20(24)25)30-31(3)12-35-18-6-4-5-17(11-18)23(26,27)28;1-2/h4-11,13-14,20H,12H2,1-3H3,(H,29,32)(H,33,34);1-2H2/b30-19+;. The first-order valence-corrected chi connectivity index (χ1v) is 10.8. The Morgan fingerprint density at radius 2 is 1.70 bits per heavy atom. The number of ether oxygens (including phenoxy) is 1. The molecule has 2 unspecified atom stereocenters. The average molecular weight is 530 g/mol. The predicted molar refractivity (Wildman–Crippen MR) is 129 cm³/mol. The number of amides is 1. The van der Waals surface area contributed by atoms with Crippen molar-refractivity contribution in [3.05, 3.63) is 78.4 Å². The van der Waals surface area contributed by atoms with E-state index in [2.05, 4.69) is 23.6 Å². The van der Waals surface area contributed by atoms with E-state index < -0.39 is 54.4 Å². The summed E-state index contributed by atoms with van der Waals surface area (Å²) in [5, 5.41) is 16.2. The summed E-state index contributed by atoms with van der Waals surface area (Å²) >= 11 is 0. The minimum Gasteiger partial charge on any atom is -0.478 e. The molecule has 0 radical (unpaired) electrons. The van der Waals surface area contributed by atoms with Gasteiger partial charge in [-0.25, -0.2) is 13.6 Å². The molecule has 0 bridgehead atoms. The maximum absolute atomic E-state index is 13.6. The summed E-state index contributed by atoms with van der Waals surface area (Å²) in [6.07, 6.45) is -7.65. The Bertz CT molecular complexity index is 1070. The third kappa shape index (κ3) is 9.54. The highest BCUT2D eigenvalue weighted by Crippen LogP contribution is 2.31. The Balaban J connectivity index is 0.00000334. The van der Waals surface area contributed by atoms with Crippen LogP contribution in [0.15, 0.2) is 66.8 Å². The molecule has 1 amide bonds. The zero-order valence-corrected chi connectivity index (χ0v) is 20.4. The highest BCUT2D eigenvalue weighted by atomic mass is 19.4. The minimum atomic E-state index is -4.56. The van der Waals surface area contributed by atoms with E-state index in [1.54, 1.807) is 6.92 Å². The van der Waals surface area contributed by atoms with Gasteiger partial charge < -0.3 is 15.2 Å². The van der Waals surface area contributed by atoms with E-state index >= 15 is 0 Å². The van der Waals surface area contributed by atoms with Crippen molar-refractivity contribution in [3.8, 4) is 5.75 Å². The van der Waals surface area contributed by atoms with Gasteiger partial charge in [-0.15, -0.1) is 13.2 Å². The van der Waals surface area contributed by atoms with Crippen molar-refractivity contribution in [1.82, 2.24) is 10.3 Å². The van der Waals surface area contributed by atoms with Crippen molar-refractivity contribution in [2.75, 3.05) is 13.8 Å². The Hall–Kier alpha value is -3.96. The van der Waals surface area contributed by atoms with E-state index in [1.165, 1.54) is 44.3 Å². The number of carboxylic acid groups (broad SMARTS) is 1. The van der Waals surface area contributed by atoms with Crippen LogP contribution >= 0.6 is 0 Å². The lowest BCUT2D eigenvalue weighted by Gasteiger charge is -2.21. The average Bonchev–Trinajstić information content (AvgIpc) is 2.86. The summed E-state index contributed by atoms with van der Waals surface area (Å²) in [6, 6.07) is 9.17. The summed E-state index contributed by atoms with van der Waals surface area (Å²) < 4.78 is 70.9. The fourth-order valence-corrected chi connectivity index (χ4v) is 2.95. The number of hydrazone groups is 1. The van der Waals surface area contributed by atoms with Crippen LogP contribution in [0, 0.1) is 5.92 Å². The molecule has 2 N–H and O–H groups in total. The lowest BCUT2D eigenvalue weighted by atomic mass is 10.0. The van der Waals surface area contributed by atoms with Gasteiger partial charge >= 0.3 is 12.1 Å². The van der Waals surface area contributed by atoms with Gasteiger partial charge in [-0.3, -0.25) is 9.80 Å². The molecule has 2 aromatic carbocycles. The molecule has 0 fully saturated rings. The number of nitrogens with zero attached hydrogens (tertiary/aromatic N) is 2. The van der Waals surface area contributed by atoms with Crippen LogP contribution < -0.4 is 10.1 Å². The molecule has 0 spiro atoms. The summed E-state index contributed by atoms with van der Waals surface area (Å²) in [6.45, 7) is 8.40. The van der Waals surface area contributed by atoms with E-state index in [-0.39, 0.29) is 11.3 Å². The number of carboxylic acids is 1. The molecular formula is C25H28F5N3O4. The van der Waals surface area contributed by atoms with Gasteiger partial charge in [-0.1, -0.05) is 18.2 Å². The van der Waals surface area contributed by atoms with Crippen LogP contribution in [-0.2, 0) is 11.0 Å². The molecule has 0 heterocycles. The summed E-state index contributed by atoms with van der Waals surface area (Å²) in [7, 11) is 1.27. The lowest BCUT2D eigenvalue weighted by molar-refractivity contribution is -0.137. The van der Waals surface area contributed by atoms with Crippen molar-refractivity contribution in [2.24, 2.45) is 11.0 Å². The molecule has 37 heavy (non-hydrogen) atoms. The number of halogens is 5. The number of nitrogens with one attached hydrogen (secondary N) is 1. The van der Waals surface area contributed by atoms with Crippen molar-refractivity contribution < 1.29 is 41.4 Å². The monoisotopic (exact) mass is 529 g/mol. The molecule has 0 aliphatic heterocycles. The Morgan fingerprint density at radius 1 is 1.11 bits per heavy atom. The Labute approximate surface area is 211 Å². The zero-order valence-electron chi connectivity index (χ0n) is 20.4. The van der Waals surface area contributed by atoms with E-state index in [1.807, 2.05) is 0 Å². The fourth-order valence-electron chi connectivity index (χ4n) is 2.95. The van der Waals surface area contributed by atoms with Gasteiger partial charge in [0.1, 0.15) is 11.5 Å². The van der Waals surface area contributed by atoms with Gasteiger partial charge in [0.15, 0.2) is 6.73 Å². The molecule has 202 valence electrons. The van der Waals surface area contributed by atoms with E-state index in [0.717, 1.165) is 23.2 Å². The number of alkyl halides is 5. The second-order valence-corrected chi connectivity index (χ2v) is 7.66. The molecule has 0 aliphatic carbocycles. The summed E-state index contributed by atoms with van der Waals surface area (Å²) in [5.74, 6) is -3.33. The van der Waals surface area contributed by atoms with Crippen LogP contribution in [0.4, 0.5) is 22.0 Å². The van der Waals surface area contributed by atoms with E-state index in [4.69, 9.17) is 9.84 Å². The molecule has 0 saturated carbocycles. The van der Waals surface area contributed by atoms with Crippen LogP contribution in [0.25, 0.3) is 0 Å². The number of carbonyl (C=O) groups is 2. The predicted octanol–water partition coefficient (Wildman–Crippen LogP) is 5.61. The molecule has 0 saturated heterocycles. The van der Waals surface area contributed by atoms with E-state index in [0.29, 0.717) is 5.56 Å². The number of rotatable bonds is 10. The van der Waals surface area contributed by atoms with Crippen LogP contribution in [0.2, 0.25) is 0 Å². The second kappa shape index (κ2) is 14.0. The number of hydrogen-bond donors (Lipinski definition) is 2. The highest BCUT2D eigenvalue weighted by molar-refractivity contribution is 6.05. The molecule has 2 rings (SSSR count). The summed E-state index contributed by atoms with van der Waals surface area (Å²) in [5.41, 5.74) is -1.06. The SMILES string of the molecule is C=C.CC(C(=O)NC(C)c1ccc(C(=O)O)cc1)/C(=N\N(C)COc1cccc(C(F)(F)F)c1)C(F)F. The third-order valence-corrected chi connectivity index (χ3v) is 4.94. The number of hydrogen-bond acceptors (Lipinski definition) is 5. The van der Waals surface area contributed by atoms with Crippen molar-refractivity contribution in [1.29, 1.82) is 0 Å². The first kappa shape index (κ1) is 31.1. The van der Waals surface area contributed by atoms with Gasteiger partial charge in [0, 0.05) is 7.05 Å². The van der Waals surface area contributed by atoms with Gasteiger partial charge in [0.2, 0.25) is 5.91 Å².